The minimum atomic E-state index is -0.901. The molecule has 3 aliphatic rings. The minimum Gasteiger partial charge on any atom is -0.493 e. The number of fused-ring (bicyclic) bond motifs is 2. The average Bonchev–Trinajstić information content (AvgIpc) is 3.13. The quantitative estimate of drug-likeness (QED) is 0.741. The summed E-state index contributed by atoms with van der Waals surface area (Å²) in [6.07, 6.45) is -0.00644. The molecule has 2 heterocycles. The van der Waals surface area contributed by atoms with Crippen LogP contribution in [0, 0.1) is 17.8 Å². The van der Waals surface area contributed by atoms with Gasteiger partial charge in [-0.15, -0.1) is 0 Å². The molecule has 0 radical (unpaired) electrons. The molecule has 2 aliphatic heterocycles. The van der Waals surface area contributed by atoms with E-state index in [9.17, 15) is 9.90 Å². The molecule has 2 N–H and O–H groups in total. The Morgan fingerprint density at radius 3 is 2.52 bits per heavy atom. The molecule has 1 aromatic rings. The maximum Gasteiger partial charge on any atom is 0.224 e. The summed E-state index contributed by atoms with van der Waals surface area (Å²) >= 11 is 0. The van der Waals surface area contributed by atoms with E-state index in [1.165, 1.54) is 5.56 Å². The molecule has 0 bridgehead atoms. The summed E-state index contributed by atoms with van der Waals surface area (Å²) in [4.78, 5) is 15.0. The Morgan fingerprint density at radius 2 is 1.86 bits per heavy atom. The monoisotopic (exact) mass is 402 g/mol. The molecule has 1 aliphatic carbocycles. The van der Waals surface area contributed by atoms with Crippen molar-refractivity contribution in [2.75, 3.05) is 19.7 Å². The van der Waals surface area contributed by atoms with Crippen molar-refractivity contribution < 1.29 is 19.4 Å². The lowest BCUT2D eigenvalue weighted by Gasteiger charge is -2.39. The maximum absolute atomic E-state index is 13.0. The van der Waals surface area contributed by atoms with Gasteiger partial charge in [-0.1, -0.05) is 18.2 Å². The highest BCUT2D eigenvalue weighted by Gasteiger charge is 2.61. The second-order valence-corrected chi connectivity index (χ2v) is 10.3. The number of rotatable bonds is 5. The third-order valence-electron chi connectivity index (χ3n) is 6.57. The van der Waals surface area contributed by atoms with E-state index in [1.807, 2.05) is 43.9 Å². The molecule has 6 heteroatoms. The van der Waals surface area contributed by atoms with Crippen LogP contribution in [0.15, 0.2) is 24.3 Å². The van der Waals surface area contributed by atoms with Crippen molar-refractivity contribution in [2.24, 2.45) is 17.8 Å². The van der Waals surface area contributed by atoms with Gasteiger partial charge in [0, 0.05) is 30.5 Å². The first-order valence-corrected chi connectivity index (χ1v) is 10.7. The highest BCUT2D eigenvalue weighted by Crippen LogP contribution is 2.53. The molecule has 29 heavy (non-hydrogen) atoms. The minimum absolute atomic E-state index is 0.0439. The van der Waals surface area contributed by atoms with Crippen LogP contribution in [0.2, 0.25) is 0 Å². The van der Waals surface area contributed by atoms with Gasteiger partial charge in [0.1, 0.15) is 5.75 Å². The van der Waals surface area contributed by atoms with Gasteiger partial charge in [0.2, 0.25) is 12.3 Å². The summed E-state index contributed by atoms with van der Waals surface area (Å²) in [7, 11) is 0. The zero-order valence-electron chi connectivity index (χ0n) is 18.1. The molecule has 2 fully saturated rings. The summed E-state index contributed by atoms with van der Waals surface area (Å²) in [5.41, 5.74) is 0.434. The lowest BCUT2D eigenvalue weighted by atomic mass is 9.78. The fourth-order valence-electron chi connectivity index (χ4n) is 5.10. The first kappa shape index (κ1) is 20.6. The number of ether oxygens (including phenoxy) is 2. The Kier molecular flexibility index (Phi) is 5.16. The molecule has 1 saturated heterocycles. The smallest absolute Gasteiger partial charge is 0.224 e. The number of likely N-dealkylation sites (tertiary alicyclic amines) is 1. The highest BCUT2D eigenvalue weighted by atomic mass is 16.6. The van der Waals surface area contributed by atoms with Crippen LogP contribution < -0.4 is 10.1 Å². The van der Waals surface area contributed by atoms with Crippen LogP contribution in [0.3, 0.4) is 0 Å². The number of amides is 1. The van der Waals surface area contributed by atoms with E-state index < -0.39 is 12.0 Å². The number of para-hydroxylation sites is 1. The van der Waals surface area contributed by atoms with Crippen molar-refractivity contribution in [1.82, 2.24) is 10.2 Å². The summed E-state index contributed by atoms with van der Waals surface area (Å²) in [6.45, 7) is 12.1. The van der Waals surface area contributed by atoms with Crippen LogP contribution in [0.25, 0.3) is 0 Å². The van der Waals surface area contributed by atoms with Gasteiger partial charge in [-0.25, -0.2) is 0 Å². The lowest BCUT2D eigenvalue weighted by Crippen LogP contribution is -2.50. The SMILES string of the molecule is CC(C)(C)OC(O)N1C[C@@H]2C(C(=O)NC(C)(C)C3CCOc4ccccc43)[C@@H]2C1. The van der Waals surface area contributed by atoms with Crippen LogP contribution in [-0.4, -0.2) is 53.2 Å². The van der Waals surface area contributed by atoms with Gasteiger partial charge < -0.3 is 19.9 Å². The van der Waals surface area contributed by atoms with Crippen LogP contribution in [0.1, 0.15) is 52.5 Å². The number of nitrogens with one attached hydrogen (secondary N) is 1. The van der Waals surface area contributed by atoms with E-state index in [0.717, 1.165) is 12.2 Å². The Morgan fingerprint density at radius 1 is 1.21 bits per heavy atom. The molecule has 1 aromatic carbocycles. The number of hydrogen-bond acceptors (Lipinski definition) is 5. The van der Waals surface area contributed by atoms with Gasteiger partial charge in [-0.05, 0) is 64.5 Å². The number of piperidine rings is 1. The van der Waals surface area contributed by atoms with Crippen molar-refractivity contribution in [3.8, 4) is 5.75 Å². The summed E-state index contributed by atoms with van der Waals surface area (Å²) in [5.74, 6) is 1.96. The maximum atomic E-state index is 13.0. The second-order valence-electron chi connectivity index (χ2n) is 10.3. The summed E-state index contributed by atoms with van der Waals surface area (Å²) in [6, 6.07) is 8.13. The Balaban J connectivity index is 1.35. The number of hydrogen-bond donors (Lipinski definition) is 2. The molecule has 1 saturated carbocycles. The number of nitrogens with zero attached hydrogens (tertiary/aromatic N) is 1. The van der Waals surface area contributed by atoms with Crippen molar-refractivity contribution in [3.05, 3.63) is 29.8 Å². The predicted octanol–water partition coefficient (Wildman–Crippen LogP) is 2.72. The third kappa shape index (κ3) is 4.16. The Labute approximate surface area is 173 Å². The van der Waals surface area contributed by atoms with Crippen LogP contribution in [-0.2, 0) is 9.53 Å². The molecular formula is C23H34N2O4. The fraction of sp³-hybridized carbons (Fsp3) is 0.696. The standard InChI is InChI=1S/C23H34N2O4/c1-22(2,3)29-21(27)25-12-15-16(13-25)19(15)20(26)24-23(4,5)17-10-11-28-18-9-7-6-8-14(17)18/h6-9,15-17,19,21,27H,10-13H2,1-5H3,(H,24,26)/t15-,16+,17?,19?,21?. The van der Waals surface area contributed by atoms with Gasteiger partial charge in [-0.2, -0.15) is 0 Å². The normalized spacial score (nSPS) is 30.1. The first-order valence-electron chi connectivity index (χ1n) is 10.7. The summed E-state index contributed by atoms with van der Waals surface area (Å²) < 4.78 is 11.4. The summed E-state index contributed by atoms with van der Waals surface area (Å²) in [5, 5.41) is 13.6. The molecule has 1 amide bonds. The molecule has 5 atom stereocenters. The number of benzene rings is 1. The van der Waals surface area contributed by atoms with Gasteiger partial charge >= 0.3 is 0 Å². The van der Waals surface area contributed by atoms with E-state index in [2.05, 4.69) is 25.2 Å². The van der Waals surface area contributed by atoms with Gasteiger partial charge in [-0.3, -0.25) is 9.69 Å². The number of aliphatic hydroxyl groups excluding tert-OH is 1. The largest absolute Gasteiger partial charge is 0.493 e. The second kappa shape index (κ2) is 7.25. The van der Waals surface area contributed by atoms with Gasteiger partial charge in [0.25, 0.3) is 0 Å². The molecule has 4 rings (SSSR count). The predicted molar refractivity (Wildman–Crippen MR) is 110 cm³/mol. The van der Waals surface area contributed by atoms with E-state index in [0.29, 0.717) is 31.5 Å². The number of carbonyl (C=O) groups excluding carboxylic acids is 1. The molecule has 6 nitrogen and oxygen atoms in total. The fourth-order valence-corrected chi connectivity index (χ4v) is 5.10. The molecule has 0 spiro atoms. The molecule has 160 valence electrons. The number of carbonyl (C=O) groups is 1. The van der Waals surface area contributed by atoms with Crippen molar-refractivity contribution >= 4 is 5.91 Å². The van der Waals surface area contributed by atoms with E-state index in [4.69, 9.17) is 9.47 Å². The van der Waals surface area contributed by atoms with Crippen LogP contribution >= 0.6 is 0 Å². The van der Waals surface area contributed by atoms with E-state index >= 15 is 0 Å². The average molecular weight is 403 g/mol. The van der Waals surface area contributed by atoms with Gasteiger partial charge in [0.15, 0.2) is 0 Å². The lowest BCUT2D eigenvalue weighted by molar-refractivity contribution is -0.236. The van der Waals surface area contributed by atoms with E-state index in [1.54, 1.807) is 0 Å². The Bertz CT molecular complexity index is 760. The van der Waals surface area contributed by atoms with Crippen molar-refractivity contribution in [3.63, 3.8) is 0 Å². The third-order valence-corrected chi connectivity index (χ3v) is 6.57. The highest BCUT2D eigenvalue weighted by molar-refractivity contribution is 5.83. The Hall–Kier alpha value is -1.63. The van der Waals surface area contributed by atoms with Crippen LogP contribution in [0.5, 0.6) is 5.75 Å². The van der Waals surface area contributed by atoms with Crippen molar-refractivity contribution in [2.45, 2.75) is 64.5 Å². The van der Waals surface area contributed by atoms with Crippen LogP contribution in [0.4, 0.5) is 0 Å². The first-order chi connectivity index (χ1) is 13.6. The topological polar surface area (TPSA) is 71.0 Å². The molecular weight excluding hydrogens is 368 g/mol. The molecule has 0 aromatic heterocycles. The van der Waals surface area contributed by atoms with Crippen molar-refractivity contribution in [1.29, 1.82) is 0 Å². The zero-order chi connectivity index (χ0) is 21.0. The zero-order valence-corrected chi connectivity index (χ0v) is 18.1. The number of aliphatic hydroxyl groups is 1. The molecule has 3 unspecified atom stereocenters. The van der Waals surface area contributed by atoms with Gasteiger partial charge in [0.05, 0.1) is 12.2 Å². The van der Waals surface area contributed by atoms with E-state index in [-0.39, 0.29) is 23.3 Å².